The average Bonchev–Trinajstić information content (AvgIpc) is 2.94. The van der Waals surface area contributed by atoms with Crippen molar-refractivity contribution in [3.8, 4) is 23.0 Å². The van der Waals surface area contributed by atoms with Crippen molar-refractivity contribution >= 4 is 33.5 Å². The fourth-order valence-electron chi connectivity index (χ4n) is 4.19. The SMILES string of the molecule is COc1ccccc1C(=O)Oc1c2ccccc2c(OC(=O)c2ccccc2OC)c2ccccc12. The standard InChI is InChI=1S/C30H22O6/c1-33-25-17-9-7-15-23(25)29(31)35-27-19-11-3-5-13-21(19)28(22-14-6-4-12-20(22)27)36-30(32)24-16-8-10-18-26(24)34-2/h3-18H,1-2H3. The average molecular weight is 479 g/mol. The molecule has 0 spiro atoms. The van der Waals surface area contributed by atoms with Gasteiger partial charge in [0.05, 0.1) is 14.2 Å². The first-order valence-corrected chi connectivity index (χ1v) is 11.3. The molecule has 0 unspecified atom stereocenters. The molecule has 0 fully saturated rings. The fourth-order valence-corrected chi connectivity index (χ4v) is 4.19. The molecule has 36 heavy (non-hydrogen) atoms. The van der Waals surface area contributed by atoms with Crippen molar-refractivity contribution in [3.63, 3.8) is 0 Å². The van der Waals surface area contributed by atoms with Gasteiger partial charge < -0.3 is 18.9 Å². The minimum absolute atomic E-state index is 0.305. The van der Waals surface area contributed by atoms with Gasteiger partial charge in [0, 0.05) is 21.5 Å². The van der Waals surface area contributed by atoms with Gasteiger partial charge in [-0.3, -0.25) is 0 Å². The molecule has 0 radical (unpaired) electrons. The second-order valence-corrected chi connectivity index (χ2v) is 7.93. The van der Waals surface area contributed by atoms with E-state index in [1.54, 1.807) is 48.5 Å². The second kappa shape index (κ2) is 9.80. The van der Waals surface area contributed by atoms with E-state index < -0.39 is 11.9 Å². The van der Waals surface area contributed by atoms with Crippen LogP contribution in [-0.2, 0) is 0 Å². The molecule has 5 rings (SSSR count). The molecule has 0 amide bonds. The normalized spacial score (nSPS) is 10.7. The molecule has 0 aliphatic rings. The van der Waals surface area contributed by atoms with Crippen LogP contribution in [0.15, 0.2) is 97.1 Å². The first-order chi connectivity index (χ1) is 17.6. The number of hydrogen-bond acceptors (Lipinski definition) is 6. The van der Waals surface area contributed by atoms with Gasteiger partial charge in [0.25, 0.3) is 0 Å². The Morgan fingerprint density at radius 2 is 0.778 bits per heavy atom. The third-order valence-corrected chi connectivity index (χ3v) is 5.88. The molecule has 178 valence electrons. The maximum Gasteiger partial charge on any atom is 0.347 e. The highest BCUT2D eigenvalue weighted by Crippen LogP contribution is 2.43. The molecule has 0 heterocycles. The third kappa shape index (κ3) is 4.09. The smallest absolute Gasteiger partial charge is 0.347 e. The van der Waals surface area contributed by atoms with Gasteiger partial charge in [0.15, 0.2) is 0 Å². The van der Waals surface area contributed by atoms with Crippen LogP contribution < -0.4 is 18.9 Å². The lowest BCUT2D eigenvalue weighted by Gasteiger charge is -2.17. The molecule has 0 N–H and O–H groups in total. The zero-order valence-corrected chi connectivity index (χ0v) is 19.7. The quantitative estimate of drug-likeness (QED) is 0.159. The van der Waals surface area contributed by atoms with Crippen molar-refractivity contribution in [1.29, 1.82) is 0 Å². The number of para-hydroxylation sites is 2. The maximum atomic E-state index is 13.2. The molecule has 0 aliphatic heterocycles. The molecule has 0 saturated carbocycles. The Labute approximate surface area is 207 Å². The van der Waals surface area contributed by atoms with Crippen LogP contribution in [0, 0.1) is 0 Å². The number of ether oxygens (including phenoxy) is 4. The molecular formula is C30H22O6. The first-order valence-electron chi connectivity index (χ1n) is 11.3. The zero-order chi connectivity index (χ0) is 25.1. The predicted octanol–water partition coefficient (Wildman–Crippen LogP) is 6.45. The monoisotopic (exact) mass is 478 g/mol. The molecule has 6 heteroatoms. The molecule has 0 atom stereocenters. The number of methoxy groups -OCH3 is 2. The number of esters is 2. The molecule has 5 aromatic carbocycles. The first kappa shape index (κ1) is 22.9. The summed E-state index contributed by atoms with van der Waals surface area (Å²) in [6.45, 7) is 0. The van der Waals surface area contributed by atoms with Crippen LogP contribution in [0.5, 0.6) is 23.0 Å². The largest absolute Gasteiger partial charge is 0.496 e. The summed E-state index contributed by atoms with van der Waals surface area (Å²) in [6, 6.07) is 28.4. The van der Waals surface area contributed by atoms with Crippen molar-refractivity contribution in [1.82, 2.24) is 0 Å². The Morgan fingerprint density at radius 1 is 0.472 bits per heavy atom. The van der Waals surface area contributed by atoms with E-state index in [1.165, 1.54) is 14.2 Å². The summed E-state index contributed by atoms with van der Waals surface area (Å²) in [5.41, 5.74) is 0.611. The van der Waals surface area contributed by atoms with Gasteiger partial charge in [-0.15, -0.1) is 0 Å². The summed E-state index contributed by atoms with van der Waals surface area (Å²) >= 11 is 0. The van der Waals surface area contributed by atoms with E-state index in [9.17, 15) is 9.59 Å². The van der Waals surface area contributed by atoms with Crippen molar-refractivity contribution in [3.05, 3.63) is 108 Å². The lowest BCUT2D eigenvalue weighted by molar-refractivity contribution is 0.0722. The Kier molecular flexibility index (Phi) is 6.24. The van der Waals surface area contributed by atoms with E-state index in [4.69, 9.17) is 18.9 Å². The van der Waals surface area contributed by atoms with Crippen LogP contribution in [0.25, 0.3) is 21.5 Å². The van der Waals surface area contributed by atoms with E-state index in [0.717, 1.165) is 0 Å². The Balaban J connectivity index is 1.66. The molecule has 0 aliphatic carbocycles. The summed E-state index contributed by atoms with van der Waals surface area (Å²) < 4.78 is 22.6. The summed E-state index contributed by atoms with van der Waals surface area (Å²) in [5.74, 6) is 0.461. The van der Waals surface area contributed by atoms with Crippen LogP contribution in [-0.4, -0.2) is 26.2 Å². The highest BCUT2D eigenvalue weighted by Gasteiger charge is 2.23. The van der Waals surface area contributed by atoms with E-state index in [2.05, 4.69) is 0 Å². The minimum atomic E-state index is -0.554. The molecule has 5 aromatic rings. The maximum absolute atomic E-state index is 13.2. The highest BCUT2D eigenvalue weighted by molar-refractivity contribution is 6.14. The van der Waals surface area contributed by atoms with Gasteiger partial charge in [-0.1, -0.05) is 72.8 Å². The molecule has 0 bridgehead atoms. The molecule has 0 saturated heterocycles. The topological polar surface area (TPSA) is 71.1 Å². The van der Waals surface area contributed by atoms with Gasteiger partial charge >= 0.3 is 11.9 Å². The van der Waals surface area contributed by atoms with E-state index in [-0.39, 0.29) is 0 Å². The van der Waals surface area contributed by atoms with Gasteiger partial charge in [0.1, 0.15) is 34.1 Å². The predicted molar refractivity (Wildman–Crippen MR) is 137 cm³/mol. The summed E-state index contributed by atoms with van der Waals surface area (Å²) in [4.78, 5) is 26.4. The molecule has 0 aromatic heterocycles. The number of fused-ring (bicyclic) bond motifs is 2. The summed E-state index contributed by atoms with van der Waals surface area (Å²) in [6.07, 6.45) is 0. The highest BCUT2D eigenvalue weighted by atomic mass is 16.5. The Morgan fingerprint density at radius 3 is 1.11 bits per heavy atom. The third-order valence-electron chi connectivity index (χ3n) is 5.88. The van der Waals surface area contributed by atoms with E-state index in [1.807, 2.05) is 48.5 Å². The molecular weight excluding hydrogens is 456 g/mol. The summed E-state index contributed by atoms with van der Waals surface area (Å²) in [7, 11) is 3.00. The van der Waals surface area contributed by atoms with Crippen molar-refractivity contribution < 1.29 is 28.5 Å². The second-order valence-electron chi connectivity index (χ2n) is 7.93. The Hall–Kier alpha value is -4.84. The van der Waals surface area contributed by atoms with Crippen molar-refractivity contribution in [2.24, 2.45) is 0 Å². The van der Waals surface area contributed by atoms with Crippen LogP contribution in [0.3, 0.4) is 0 Å². The number of rotatable bonds is 6. The molecule has 6 nitrogen and oxygen atoms in total. The lowest BCUT2D eigenvalue weighted by atomic mass is 10.0. The minimum Gasteiger partial charge on any atom is -0.496 e. The van der Waals surface area contributed by atoms with Crippen LogP contribution in [0.4, 0.5) is 0 Å². The number of carbonyl (C=O) groups excluding carboxylic acids is 2. The number of carbonyl (C=O) groups is 2. The Bertz CT molecular complexity index is 1430. The van der Waals surface area contributed by atoms with Gasteiger partial charge in [-0.2, -0.15) is 0 Å². The number of benzene rings is 5. The van der Waals surface area contributed by atoms with Crippen molar-refractivity contribution in [2.75, 3.05) is 14.2 Å². The van der Waals surface area contributed by atoms with Crippen LogP contribution >= 0.6 is 0 Å². The van der Waals surface area contributed by atoms with Crippen LogP contribution in [0.1, 0.15) is 20.7 Å². The lowest BCUT2D eigenvalue weighted by Crippen LogP contribution is -2.12. The summed E-state index contributed by atoms with van der Waals surface area (Å²) in [5, 5.41) is 2.51. The van der Waals surface area contributed by atoms with E-state index in [0.29, 0.717) is 55.7 Å². The van der Waals surface area contributed by atoms with Gasteiger partial charge in [0.2, 0.25) is 0 Å². The number of hydrogen-bond donors (Lipinski definition) is 0. The fraction of sp³-hybridized carbons (Fsp3) is 0.0667. The van der Waals surface area contributed by atoms with E-state index >= 15 is 0 Å². The van der Waals surface area contributed by atoms with Crippen LogP contribution in [0.2, 0.25) is 0 Å². The van der Waals surface area contributed by atoms with Crippen molar-refractivity contribution in [2.45, 2.75) is 0 Å². The van der Waals surface area contributed by atoms with Gasteiger partial charge in [-0.25, -0.2) is 9.59 Å². The van der Waals surface area contributed by atoms with Gasteiger partial charge in [-0.05, 0) is 24.3 Å². The zero-order valence-electron chi connectivity index (χ0n) is 19.7.